The van der Waals surface area contributed by atoms with Crippen LogP contribution in [0, 0.1) is 17.1 Å². The summed E-state index contributed by atoms with van der Waals surface area (Å²) in [6, 6.07) is 12.9. The molecular weight excluding hydrogens is 271 g/mol. The second-order valence-corrected chi connectivity index (χ2v) is 4.34. The zero-order valence-electron chi connectivity index (χ0n) is 11.4. The van der Waals surface area contributed by atoms with E-state index < -0.39 is 5.82 Å². The molecule has 0 atom stereocenters. The number of amides is 1. The van der Waals surface area contributed by atoms with Crippen molar-refractivity contribution in [2.45, 2.75) is 6.42 Å². The fraction of sp³-hybridized carbons (Fsp3) is 0.125. The molecule has 0 aliphatic heterocycles. The fourth-order valence-electron chi connectivity index (χ4n) is 1.80. The van der Waals surface area contributed by atoms with Gasteiger partial charge in [-0.25, -0.2) is 4.39 Å². The Labute approximate surface area is 121 Å². The second-order valence-electron chi connectivity index (χ2n) is 4.34. The zero-order chi connectivity index (χ0) is 15.2. The highest BCUT2D eigenvalue weighted by atomic mass is 19.1. The molecule has 2 aromatic rings. The predicted molar refractivity (Wildman–Crippen MR) is 76.7 cm³/mol. The third-order valence-electron chi connectivity index (χ3n) is 2.91. The smallest absolute Gasteiger partial charge is 0.255 e. The van der Waals surface area contributed by atoms with Gasteiger partial charge in [-0.05, 0) is 35.9 Å². The molecule has 0 unspecified atom stereocenters. The minimum Gasteiger partial charge on any atom is -0.494 e. The van der Waals surface area contributed by atoms with Crippen LogP contribution in [0.15, 0.2) is 42.5 Å². The first-order valence-electron chi connectivity index (χ1n) is 6.25. The Hall–Kier alpha value is -2.87. The van der Waals surface area contributed by atoms with Gasteiger partial charge < -0.3 is 10.1 Å². The number of ether oxygens (including phenoxy) is 1. The van der Waals surface area contributed by atoms with Gasteiger partial charge in [0.1, 0.15) is 0 Å². The number of halogens is 1. The molecule has 2 aromatic carbocycles. The van der Waals surface area contributed by atoms with Crippen molar-refractivity contribution in [1.82, 2.24) is 0 Å². The summed E-state index contributed by atoms with van der Waals surface area (Å²) in [4.78, 5) is 12.1. The maximum absolute atomic E-state index is 13.3. The topological polar surface area (TPSA) is 62.1 Å². The van der Waals surface area contributed by atoms with E-state index in [0.717, 1.165) is 5.56 Å². The van der Waals surface area contributed by atoms with Crippen LogP contribution in [0.3, 0.4) is 0 Å². The highest BCUT2D eigenvalue weighted by Crippen LogP contribution is 2.19. The van der Waals surface area contributed by atoms with Gasteiger partial charge in [-0.1, -0.05) is 12.1 Å². The summed E-state index contributed by atoms with van der Waals surface area (Å²) < 4.78 is 18.1. The summed E-state index contributed by atoms with van der Waals surface area (Å²) in [5, 5.41) is 11.3. The van der Waals surface area contributed by atoms with Crippen LogP contribution in [0.2, 0.25) is 0 Å². The van der Waals surface area contributed by atoms with E-state index in [1.165, 1.54) is 25.3 Å². The first-order valence-corrected chi connectivity index (χ1v) is 6.25. The maximum Gasteiger partial charge on any atom is 0.255 e. The average molecular weight is 284 g/mol. The van der Waals surface area contributed by atoms with Gasteiger partial charge in [0.05, 0.1) is 19.6 Å². The standard InChI is InChI=1S/C16H13FN2O2/c1-21-15-10-12(4-7-14(15)17)16(20)19-13-5-2-11(3-6-13)8-9-18/h2-7,10H,8H2,1H3,(H,19,20). The average Bonchev–Trinajstić information content (AvgIpc) is 2.50. The molecule has 4 nitrogen and oxygen atoms in total. The molecule has 1 N–H and O–H groups in total. The lowest BCUT2D eigenvalue weighted by Crippen LogP contribution is -2.12. The maximum atomic E-state index is 13.3. The van der Waals surface area contributed by atoms with Crippen LogP contribution < -0.4 is 10.1 Å². The van der Waals surface area contributed by atoms with E-state index in [0.29, 0.717) is 17.7 Å². The van der Waals surface area contributed by atoms with Crippen molar-refractivity contribution in [2.75, 3.05) is 12.4 Å². The lowest BCUT2D eigenvalue weighted by atomic mass is 10.1. The molecule has 0 fully saturated rings. The number of carbonyl (C=O) groups is 1. The Balaban J connectivity index is 2.12. The molecule has 0 spiro atoms. The highest BCUT2D eigenvalue weighted by molar-refractivity contribution is 6.04. The molecule has 106 valence electrons. The summed E-state index contributed by atoms with van der Waals surface area (Å²) in [7, 11) is 1.34. The molecule has 0 radical (unpaired) electrons. The first-order chi connectivity index (χ1) is 10.1. The van der Waals surface area contributed by atoms with Gasteiger partial charge >= 0.3 is 0 Å². The molecule has 0 saturated carbocycles. The molecule has 0 heterocycles. The number of nitrogens with zero attached hydrogens (tertiary/aromatic N) is 1. The molecule has 5 heteroatoms. The minimum absolute atomic E-state index is 0.0204. The summed E-state index contributed by atoms with van der Waals surface area (Å²) >= 11 is 0. The predicted octanol–water partition coefficient (Wildman–Crippen LogP) is 3.15. The number of benzene rings is 2. The lowest BCUT2D eigenvalue weighted by molar-refractivity contribution is 0.102. The van der Waals surface area contributed by atoms with Gasteiger partial charge in [0, 0.05) is 11.3 Å². The van der Waals surface area contributed by atoms with Crippen molar-refractivity contribution in [1.29, 1.82) is 5.26 Å². The number of anilines is 1. The van der Waals surface area contributed by atoms with Crippen LogP contribution in [0.5, 0.6) is 5.75 Å². The fourth-order valence-corrected chi connectivity index (χ4v) is 1.80. The zero-order valence-corrected chi connectivity index (χ0v) is 11.4. The molecule has 0 aliphatic rings. The van der Waals surface area contributed by atoms with Gasteiger partial charge in [-0.2, -0.15) is 5.26 Å². The molecular formula is C16H13FN2O2. The Morgan fingerprint density at radius 3 is 2.62 bits per heavy atom. The number of rotatable bonds is 4. The van der Waals surface area contributed by atoms with E-state index in [4.69, 9.17) is 10.00 Å². The summed E-state index contributed by atoms with van der Waals surface area (Å²) in [6.07, 6.45) is 0.323. The Kier molecular flexibility index (Phi) is 4.52. The molecule has 0 aliphatic carbocycles. The SMILES string of the molecule is COc1cc(C(=O)Nc2ccc(CC#N)cc2)ccc1F. The van der Waals surface area contributed by atoms with Gasteiger partial charge in [0.15, 0.2) is 11.6 Å². The highest BCUT2D eigenvalue weighted by Gasteiger charge is 2.10. The largest absolute Gasteiger partial charge is 0.494 e. The van der Waals surface area contributed by atoms with Crippen molar-refractivity contribution in [3.8, 4) is 11.8 Å². The van der Waals surface area contributed by atoms with Crippen LogP contribution in [-0.4, -0.2) is 13.0 Å². The lowest BCUT2D eigenvalue weighted by Gasteiger charge is -2.08. The number of carbonyl (C=O) groups excluding carboxylic acids is 1. The number of hydrogen-bond donors (Lipinski definition) is 1. The Morgan fingerprint density at radius 2 is 2.00 bits per heavy atom. The number of nitriles is 1. The minimum atomic E-state index is -0.519. The van der Waals surface area contributed by atoms with Crippen LogP contribution in [0.25, 0.3) is 0 Å². The molecule has 0 aromatic heterocycles. The van der Waals surface area contributed by atoms with Crippen LogP contribution >= 0.6 is 0 Å². The van der Waals surface area contributed by atoms with E-state index >= 15 is 0 Å². The Morgan fingerprint density at radius 1 is 1.29 bits per heavy atom. The van der Waals surface area contributed by atoms with Crippen molar-refractivity contribution in [3.63, 3.8) is 0 Å². The number of hydrogen-bond acceptors (Lipinski definition) is 3. The van der Waals surface area contributed by atoms with Gasteiger partial charge in [0.25, 0.3) is 5.91 Å². The van der Waals surface area contributed by atoms with E-state index in [1.807, 2.05) is 0 Å². The van der Waals surface area contributed by atoms with E-state index in [1.54, 1.807) is 24.3 Å². The quantitative estimate of drug-likeness (QED) is 0.938. The van der Waals surface area contributed by atoms with Gasteiger partial charge in [-0.15, -0.1) is 0 Å². The van der Waals surface area contributed by atoms with Crippen molar-refractivity contribution in [3.05, 3.63) is 59.4 Å². The van der Waals surface area contributed by atoms with Gasteiger partial charge in [0.2, 0.25) is 0 Å². The van der Waals surface area contributed by atoms with E-state index in [2.05, 4.69) is 11.4 Å². The normalized spacial score (nSPS) is 9.76. The van der Waals surface area contributed by atoms with Crippen LogP contribution in [0.1, 0.15) is 15.9 Å². The van der Waals surface area contributed by atoms with E-state index in [9.17, 15) is 9.18 Å². The van der Waals surface area contributed by atoms with E-state index in [-0.39, 0.29) is 11.7 Å². The third kappa shape index (κ3) is 3.57. The second kappa shape index (κ2) is 6.53. The molecule has 0 saturated heterocycles. The van der Waals surface area contributed by atoms with Crippen molar-refractivity contribution >= 4 is 11.6 Å². The molecule has 2 rings (SSSR count). The summed E-state index contributed by atoms with van der Waals surface area (Å²) in [5.74, 6) is -0.858. The number of methoxy groups -OCH3 is 1. The monoisotopic (exact) mass is 284 g/mol. The molecule has 21 heavy (non-hydrogen) atoms. The van der Waals surface area contributed by atoms with Crippen LogP contribution in [0.4, 0.5) is 10.1 Å². The molecule has 1 amide bonds. The van der Waals surface area contributed by atoms with Crippen molar-refractivity contribution < 1.29 is 13.9 Å². The first kappa shape index (κ1) is 14.5. The summed E-state index contributed by atoms with van der Waals surface area (Å²) in [5.41, 5.74) is 1.78. The van der Waals surface area contributed by atoms with Crippen LogP contribution in [-0.2, 0) is 6.42 Å². The Bertz CT molecular complexity index is 690. The summed E-state index contributed by atoms with van der Waals surface area (Å²) in [6.45, 7) is 0. The number of nitrogens with one attached hydrogen (secondary N) is 1. The van der Waals surface area contributed by atoms with Crippen molar-refractivity contribution in [2.24, 2.45) is 0 Å². The molecule has 0 bridgehead atoms. The third-order valence-corrected chi connectivity index (χ3v) is 2.91. The van der Waals surface area contributed by atoms with Gasteiger partial charge in [-0.3, -0.25) is 4.79 Å².